The van der Waals surface area contributed by atoms with E-state index < -0.39 is 15.9 Å². The Morgan fingerprint density at radius 2 is 2.10 bits per heavy atom. The summed E-state index contributed by atoms with van der Waals surface area (Å²) < 4.78 is 33.5. The summed E-state index contributed by atoms with van der Waals surface area (Å²) in [4.78, 5) is 11.7. The number of amides is 1. The molecule has 0 saturated heterocycles. The highest BCUT2D eigenvalue weighted by atomic mass is 79.9. The molecule has 1 amide bonds. The summed E-state index contributed by atoms with van der Waals surface area (Å²) in [6.07, 6.45) is 0. The van der Waals surface area contributed by atoms with Gasteiger partial charge >= 0.3 is 0 Å². The smallest absolute Gasteiger partial charge is 0.251 e. The van der Waals surface area contributed by atoms with Gasteiger partial charge in [0.2, 0.25) is 10.0 Å². The monoisotopic (exact) mass is 380 g/mol. The molecule has 0 bridgehead atoms. The molecule has 21 heavy (non-hydrogen) atoms. The fraction of sp³-hybridized carbons (Fsp3) is 0.417. The Kier molecular flexibility index (Phi) is 6.59. The van der Waals surface area contributed by atoms with Gasteiger partial charge in [0, 0.05) is 18.7 Å². The topological polar surface area (TPSA) is 108 Å². The van der Waals surface area contributed by atoms with Crippen LogP contribution in [0.3, 0.4) is 0 Å². The van der Waals surface area contributed by atoms with Crippen molar-refractivity contribution in [2.24, 2.45) is 5.14 Å². The van der Waals surface area contributed by atoms with Crippen LogP contribution in [-0.4, -0.2) is 41.2 Å². The molecular weight excluding hydrogens is 364 g/mol. The van der Waals surface area contributed by atoms with Crippen LogP contribution in [0.2, 0.25) is 0 Å². The largest absolute Gasteiger partial charge is 0.494 e. The van der Waals surface area contributed by atoms with Gasteiger partial charge in [0.15, 0.2) is 5.75 Å². The average molecular weight is 381 g/mol. The van der Waals surface area contributed by atoms with Crippen molar-refractivity contribution in [3.8, 4) is 5.75 Å². The van der Waals surface area contributed by atoms with E-state index in [1.807, 2.05) is 6.92 Å². The zero-order chi connectivity index (χ0) is 16.0. The van der Waals surface area contributed by atoms with Gasteiger partial charge in [-0.2, -0.15) is 0 Å². The molecule has 0 saturated carbocycles. The van der Waals surface area contributed by atoms with Crippen LogP contribution in [0, 0.1) is 0 Å². The number of ether oxygens (including phenoxy) is 2. The van der Waals surface area contributed by atoms with Crippen LogP contribution in [0.1, 0.15) is 17.3 Å². The molecule has 0 heterocycles. The molecule has 1 aromatic rings. The van der Waals surface area contributed by atoms with Crippen molar-refractivity contribution in [3.63, 3.8) is 0 Å². The molecule has 0 radical (unpaired) electrons. The molecule has 0 fully saturated rings. The minimum atomic E-state index is -4.01. The summed E-state index contributed by atoms with van der Waals surface area (Å²) in [7, 11) is -2.70. The first-order valence-corrected chi connectivity index (χ1v) is 8.41. The van der Waals surface area contributed by atoms with Gasteiger partial charge in [0.05, 0.1) is 18.2 Å². The number of primary sulfonamides is 1. The first-order chi connectivity index (χ1) is 9.81. The lowest BCUT2D eigenvalue weighted by Gasteiger charge is -2.12. The fourth-order valence-electron chi connectivity index (χ4n) is 1.59. The molecule has 7 nitrogen and oxygen atoms in total. The first kappa shape index (κ1) is 17.9. The van der Waals surface area contributed by atoms with E-state index in [1.54, 1.807) is 0 Å². The van der Waals surface area contributed by atoms with Crippen LogP contribution in [-0.2, 0) is 14.8 Å². The van der Waals surface area contributed by atoms with Crippen LogP contribution in [0.4, 0.5) is 0 Å². The zero-order valence-corrected chi connectivity index (χ0v) is 14.1. The van der Waals surface area contributed by atoms with E-state index in [0.29, 0.717) is 24.2 Å². The van der Waals surface area contributed by atoms with Gasteiger partial charge in [-0.05, 0) is 35.0 Å². The first-order valence-electron chi connectivity index (χ1n) is 6.07. The molecule has 0 unspecified atom stereocenters. The summed E-state index contributed by atoms with van der Waals surface area (Å²) in [6, 6.07) is 2.64. The molecule has 0 aromatic heterocycles. The quantitative estimate of drug-likeness (QED) is 0.682. The summed E-state index contributed by atoms with van der Waals surface area (Å²) in [5, 5.41) is 7.75. The van der Waals surface area contributed by atoms with Gasteiger partial charge in [-0.25, -0.2) is 13.6 Å². The molecule has 1 aromatic carbocycles. The van der Waals surface area contributed by atoms with Crippen LogP contribution >= 0.6 is 15.9 Å². The molecule has 0 spiro atoms. The van der Waals surface area contributed by atoms with Crippen LogP contribution in [0.25, 0.3) is 0 Å². The summed E-state index contributed by atoms with van der Waals surface area (Å²) >= 11 is 3.16. The van der Waals surface area contributed by atoms with E-state index >= 15 is 0 Å². The second-order valence-corrected chi connectivity index (χ2v) is 6.37. The second-order valence-electron chi connectivity index (χ2n) is 3.99. The van der Waals surface area contributed by atoms with Crippen molar-refractivity contribution in [1.29, 1.82) is 0 Å². The fourth-order valence-corrected chi connectivity index (χ4v) is 3.09. The molecule has 1 rings (SSSR count). The number of sulfonamides is 1. The number of halogens is 1. The van der Waals surface area contributed by atoms with Gasteiger partial charge in [-0.1, -0.05) is 0 Å². The van der Waals surface area contributed by atoms with E-state index in [4.69, 9.17) is 14.6 Å². The maximum absolute atomic E-state index is 12.0. The van der Waals surface area contributed by atoms with Gasteiger partial charge in [-0.3, -0.25) is 4.79 Å². The predicted molar refractivity (Wildman–Crippen MR) is 80.9 cm³/mol. The number of hydrogen-bond acceptors (Lipinski definition) is 5. The Morgan fingerprint density at radius 1 is 1.43 bits per heavy atom. The molecule has 118 valence electrons. The zero-order valence-electron chi connectivity index (χ0n) is 11.7. The van der Waals surface area contributed by atoms with Gasteiger partial charge in [0.25, 0.3) is 5.91 Å². The lowest BCUT2D eigenvalue weighted by molar-refractivity contribution is 0.0922. The molecule has 0 aliphatic carbocycles. The Balaban J connectivity index is 3.04. The van der Waals surface area contributed by atoms with Gasteiger partial charge < -0.3 is 14.8 Å². The second kappa shape index (κ2) is 7.74. The third-order valence-corrected chi connectivity index (χ3v) is 4.02. The minimum absolute atomic E-state index is 0.0587. The Bertz CT molecular complexity index is 618. The van der Waals surface area contributed by atoms with E-state index in [0.717, 1.165) is 0 Å². The van der Waals surface area contributed by atoms with Crippen molar-refractivity contribution in [2.45, 2.75) is 11.8 Å². The SMILES string of the molecule is CCOCCNC(=O)c1cc(Br)c(OC)c(S(N)(=O)=O)c1. The van der Waals surface area contributed by atoms with Gasteiger partial charge in [0.1, 0.15) is 4.90 Å². The van der Waals surface area contributed by atoms with E-state index in [9.17, 15) is 13.2 Å². The standard InChI is InChI=1S/C12H17BrN2O5S/c1-3-20-5-4-15-12(16)8-6-9(13)11(19-2)10(7-8)21(14,17)18/h6-7H,3-5H2,1-2H3,(H,15,16)(H2,14,17,18). The summed E-state index contributed by atoms with van der Waals surface area (Å²) in [5.74, 6) is -0.369. The Morgan fingerprint density at radius 3 is 2.62 bits per heavy atom. The normalized spacial score (nSPS) is 11.2. The lowest BCUT2D eigenvalue weighted by atomic mass is 10.2. The number of hydrogen-bond donors (Lipinski definition) is 2. The van der Waals surface area contributed by atoms with E-state index in [2.05, 4.69) is 21.2 Å². The van der Waals surface area contributed by atoms with Crippen molar-refractivity contribution in [2.75, 3.05) is 26.9 Å². The number of nitrogens with one attached hydrogen (secondary N) is 1. The van der Waals surface area contributed by atoms with Crippen LogP contribution in [0.15, 0.2) is 21.5 Å². The average Bonchev–Trinajstić information content (AvgIpc) is 2.41. The van der Waals surface area contributed by atoms with Crippen molar-refractivity contribution >= 4 is 31.9 Å². The number of methoxy groups -OCH3 is 1. The summed E-state index contributed by atoms with van der Waals surface area (Å²) in [6.45, 7) is 3.10. The maximum Gasteiger partial charge on any atom is 0.251 e. The molecule has 0 aliphatic heterocycles. The third-order valence-electron chi connectivity index (χ3n) is 2.52. The molecule has 0 aliphatic rings. The molecule has 0 atom stereocenters. The number of rotatable bonds is 7. The Labute approximate surface area is 132 Å². The molecule has 9 heteroatoms. The maximum atomic E-state index is 12.0. The lowest BCUT2D eigenvalue weighted by Crippen LogP contribution is -2.27. The number of benzene rings is 1. The summed E-state index contributed by atoms with van der Waals surface area (Å²) in [5.41, 5.74) is 0.156. The van der Waals surface area contributed by atoms with Gasteiger partial charge in [-0.15, -0.1) is 0 Å². The predicted octanol–water partition coefficient (Wildman–Crippen LogP) is 0.871. The highest BCUT2D eigenvalue weighted by Crippen LogP contribution is 2.33. The van der Waals surface area contributed by atoms with Crippen molar-refractivity contribution in [3.05, 3.63) is 22.2 Å². The number of carbonyl (C=O) groups is 1. The number of carbonyl (C=O) groups excluding carboxylic acids is 1. The van der Waals surface area contributed by atoms with E-state index in [-0.39, 0.29) is 16.2 Å². The Hall–Kier alpha value is -1.16. The minimum Gasteiger partial charge on any atom is -0.494 e. The highest BCUT2D eigenvalue weighted by molar-refractivity contribution is 9.10. The third kappa shape index (κ3) is 4.95. The molecule has 3 N–H and O–H groups in total. The molecular formula is C12H17BrN2O5S. The number of nitrogens with two attached hydrogens (primary N) is 1. The van der Waals surface area contributed by atoms with Crippen LogP contribution in [0.5, 0.6) is 5.75 Å². The van der Waals surface area contributed by atoms with Crippen LogP contribution < -0.4 is 15.2 Å². The van der Waals surface area contributed by atoms with Crippen molar-refractivity contribution in [1.82, 2.24) is 5.32 Å². The van der Waals surface area contributed by atoms with Crippen molar-refractivity contribution < 1.29 is 22.7 Å². The highest BCUT2D eigenvalue weighted by Gasteiger charge is 2.21. The van der Waals surface area contributed by atoms with E-state index in [1.165, 1.54) is 19.2 Å².